The molecule has 7 heteroatoms. The quantitative estimate of drug-likeness (QED) is 0.289. The Bertz CT molecular complexity index is 1210. The van der Waals surface area contributed by atoms with E-state index in [1.54, 1.807) is 6.20 Å². The number of amides is 1. The van der Waals surface area contributed by atoms with Crippen LogP contribution in [0.1, 0.15) is 25.0 Å². The molecule has 162 valence electrons. The summed E-state index contributed by atoms with van der Waals surface area (Å²) >= 11 is 0. The summed E-state index contributed by atoms with van der Waals surface area (Å²) in [6.45, 7) is 5.66. The minimum atomic E-state index is -0.312. The molecule has 0 spiro atoms. The highest BCUT2D eigenvalue weighted by Gasteiger charge is 2.11. The van der Waals surface area contributed by atoms with Crippen molar-refractivity contribution in [3.63, 3.8) is 0 Å². The van der Waals surface area contributed by atoms with Gasteiger partial charge in [0, 0.05) is 24.2 Å². The molecule has 0 fully saturated rings. The SMILES string of the molecule is CCN(CC)N=Nc1ccc2c(cnn2C(=O)Nc2ccc(Cc3ccccc3)cc2)c1. The number of aromatic nitrogens is 2. The summed E-state index contributed by atoms with van der Waals surface area (Å²) in [6, 6.07) is 23.4. The van der Waals surface area contributed by atoms with Crippen molar-refractivity contribution in [2.45, 2.75) is 20.3 Å². The summed E-state index contributed by atoms with van der Waals surface area (Å²) in [5.41, 5.74) is 4.59. The van der Waals surface area contributed by atoms with Crippen LogP contribution >= 0.6 is 0 Å². The summed E-state index contributed by atoms with van der Waals surface area (Å²) < 4.78 is 1.36. The van der Waals surface area contributed by atoms with E-state index in [9.17, 15) is 4.79 Å². The maximum atomic E-state index is 12.8. The number of anilines is 1. The second-order valence-electron chi connectivity index (χ2n) is 7.42. The minimum absolute atomic E-state index is 0.312. The van der Waals surface area contributed by atoms with Crippen LogP contribution in [-0.2, 0) is 6.42 Å². The van der Waals surface area contributed by atoms with Crippen molar-refractivity contribution in [1.82, 2.24) is 14.8 Å². The summed E-state index contributed by atoms with van der Waals surface area (Å²) in [6.07, 6.45) is 2.51. The first kappa shape index (κ1) is 21.2. The maximum Gasteiger partial charge on any atom is 0.347 e. The Hall–Kier alpha value is -4.00. The Balaban J connectivity index is 1.44. The van der Waals surface area contributed by atoms with Crippen molar-refractivity contribution in [1.29, 1.82) is 0 Å². The normalized spacial score (nSPS) is 11.2. The minimum Gasteiger partial charge on any atom is -0.306 e. The number of carbonyl (C=O) groups excluding carboxylic acids is 1. The molecule has 32 heavy (non-hydrogen) atoms. The first-order valence-corrected chi connectivity index (χ1v) is 10.7. The van der Waals surface area contributed by atoms with Crippen LogP contribution in [0.3, 0.4) is 0 Å². The lowest BCUT2D eigenvalue weighted by Crippen LogP contribution is -2.20. The topological polar surface area (TPSA) is 74.9 Å². The lowest BCUT2D eigenvalue weighted by molar-refractivity contribution is 0.252. The Morgan fingerprint density at radius 1 is 0.969 bits per heavy atom. The number of nitrogens with zero attached hydrogens (tertiary/aromatic N) is 5. The van der Waals surface area contributed by atoms with Gasteiger partial charge in [0.25, 0.3) is 0 Å². The van der Waals surface area contributed by atoms with Crippen molar-refractivity contribution >= 4 is 28.3 Å². The molecule has 4 rings (SSSR count). The Labute approximate surface area is 187 Å². The van der Waals surface area contributed by atoms with Gasteiger partial charge >= 0.3 is 6.03 Å². The van der Waals surface area contributed by atoms with Crippen LogP contribution in [0.5, 0.6) is 0 Å². The fourth-order valence-electron chi connectivity index (χ4n) is 3.42. The van der Waals surface area contributed by atoms with E-state index in [2.05, 4.69) is 32.9 Å². The highest BCUT2D eigenvalue weighted by molar-refractivity contribution is 5.97. The molecule has 0 aliphatic heterocycles. The molecule has 0 saturated carbocycles. The number of nitrogens with one attached hydrogen (secondary N) is 1. The van der Waals surface area contributed by atoms with E-state index in [-0.39, 0.29) is 6.03 Å². The zero-order valence-electron chi connectivity index (χ0n) is 18.3. The first-order chi connectivity index (χ1) is 15.7. The van der Waals surface area contributed by atoms with Gasteiger partial charge in [-0.1, -0.05) is 47.7 Å². The van der Waals surface area contributed by atoms with Gasteiger partial charge in [0.05, 0.1) is 17.4 Å². The predicted molar refractivity (Wildman–Crippen MR) is 127 cm³/mol. The van der Waals surface area contributed by atoms with Crippen molar-refractivity contribution in [3.05, 3.63) is 90.1 Å². The predicted octanol–water partition coefficient (Wildman–Crippen LogP) is 6.05. The molecule has 3 aromatic carbocycles. The third-order valence-corrected chi connectivity index (χ3v) is 5.22. The molecule has 0 radical (unpaired) electrons. The molecule has 1 aromatic heterocycles. The van der Waals surface area contributed by atoms with Crippen LogP contribution in [0, 0.1) is 0 Å². The number of carbonyl (C=O) groups is 1. The van der Waals surface area contributed by atoms with Gasteiger partial charge in [0.2, 0.25) is 0 Å². The average molecular weight is 427 g/mol. The number of benzene rings is 3. The molecule has 0 aliphatic carbocycles. The molecule has 1 amide bonds. The van der Waals surface area contributed by atoms with Crippen LogP contribution in [-0.4, -0.2) is 33.9 Å². The summed E-state index contributed by atoms with van der Waals surface area (Å²) in [5, 5.41) is 18.4. The molecule has 7 nitrogen and oxygen atoms in total. The second kappa shape index (κ2) is 9.87. The lowest BCUT2D eigenvalue weighted by Gasteiger charge is -2.11. The largest absolute Gasteiger partial charge is 0.347 e. The average Bonchev–Trinajstić information content (AvgIpc) is 3.25. The molecule has 0 unspecified atom stereocenters. The lowest BCUT2D eigenvalue weighted by atomic mass is 10.0. The third-order valence-electron chi connectivity index (χ3n) is 5.22. The zero-order chi connectivity index (χ0) is 22.3. The van der Waals surface area contributed by atoms with Crippen LogP contribution in [0.2, 0.25) is 0 Å². The zero-order valence-corrected chi connectivity index (χ0v) is 18.3. The van der Waals surface area contributed by atoms with Gasteiger partial charge in [-0.3, -0.25) is 5.01 Å². The maximum absolute atomic E-state index is 12.8. The third kappa shape index (κ3) is 5.00. The molecule has 0 bridgehead atoms. The van der Waals surface area contributed by atoms with Gasteiger partial charge < -0.3 is 5.32 Å². The molecular weight excluding hydrogens is 400 g/mol. The highest BCUT2D eigenvalue weighted by Crippen LogP contribution is 2.22. The number of hydrogen-bond acceptors (Lipinski definition) is 4. The first-order valence-electron chi connectivity index (χ1n) is 10.7. The van der Waals surface area contributed by atoms with Gasteiger partial charge in [-0.25, -0.2) is 4.79 Å². The van der Waals surface area contributed by atoms with Crippen LogP contribution in [0.25, 0.3) is 10.9 Å². The molecular formula is C25H26N6O. The summed E-state index contributed by atoms with van der Waals surface area (Å²) in [5.74, 6) is 0. The fourth-order valence-corrected chi connectivity index (χ4v) is 3.42. The Kier molecular flexibility index (Phi) is 6.55. The fraction of sp³-hybridized carbons (Fsp3) is 0.200. The van der Waals surface area contributed by atoms with Gasteiger partial charge in [-0.15, -0.1) is 5.11 Å². The number of fused-ring (bicyclic) bond motifs is 1. The molecule has 0 aliphatic rings. The number of rotatable bonds is 7. The van der Waals surface area contributed by atoms with Gasteiger partial charge in [0.15, 0.2) is 0 Å². The van der Waals surface area contributed by atoms with Crippen LogP contribution in [0.4, 0.5) is 16.2 Å². The molecule has 0 saturated heterocycles. The van der Waals surface area contributed by atoms with E-state index in [4.69, 9.17) is 0 Å². The van der Waals surface area contributed by atoms with Crippen molar-refractivity contribution in [2.75, 3.05) is 18.4 Å². The van der Waals surface area contributed by atoms with E-state index < -0.39 is 0 Å². The molecule has 1 heterocycles. The van der Waals surface area contributed by atoms with E-state index in [1.165, 1.54) is 15.8 Å². The monoisotopic (exact) mass is 426 g/mol. The molecule has 4 aromatic rings. The summed E-state index contributed by atoms with van der Waals surface area (Å²) in [4.78, 5) is 12.8. The van der Waals surface area contributed by atoms with Crippen LogP contribution in [0.15, 0.2) is 89.3 Å². The number of hydrogen-bond donors (Lipinski definition) is 1. The van der Waals surface area contributed by atoms with Gasteiger partial charge in [-0.2, -0.15) is 9.78 Å². The van der Waals surface area contributed by atoms with Crippen molar-refractivity contribution in [2.24, 2.45) is 10.3 Å². The van der Waals surface area contributed by atoms with E-state index in [0.29, 0.717) is 5.52 Å². The summed E-state index contributed by atoms with van der Waals surface area (Å²) in [7, 11) is 0. The molecule has 0 atom stereocenters. The second-order valence-corrected chi connectivity index (χ2v) is 7.42. The van der Waals surface area contributed by atoms with E-state index >= 15 is 0 Å². The van der Waals surface area contributed by atoms with Crippen molar-refractivity contribution in [3.8, 4) is 0 Å². The standard InChI is InChI=1S/C25H26N6O/c1-3-30(4-2)29-28-23-14-15-24-21(17-23)18-26-31(24)25(32)27-22-12-10-20(11-13-22)16-19-8-6-5-7-9-19/h5-15,17-18H,3-4,16H2,1-2H3,(H,27,32). The van der Waals surface area contributed by atoms with E-state index in [0.717, 1.165) is 36.3 Å². The van der Waals surface area contributed by atoms with Gasteiger partial charge in [0.1, 0.15) is 0 Å². The van der Waals surface area contributed by atoms with Gasteiger partial charge in [-0.05, 0) is 61.7 Å². The molecule has 1 N–H and O–H groups in total. The Morgan fingerprint density at radius 3 is 2.41 bits per heavy atom. The smallest absolute Gasteiger partial charge is 0.306 e. The van der Waals surface area contributed by atoms with E-state index in [1.807, 2.05) is 79.5 Å². The van der Waals surface area contributed by atoms with Crippen LogP contribution < -0.4 is 5.32 Å². The Morgan fingerprint density at radius 2 is 1.69 bits per heavy atom. The van der Waals surface area contributed by atoms with Crippen molar-refractivity contribution < 1.29 is 4.79 Å². The highest BCUT2D eigenvalue weighted by atomic mass is 16.2.